The first-order valence-electron chi connectivity index (χ1n) is 11.3. The van der Waals surface area contributed by atoms with Crippen LogP contribution in [0.5, 0.6) is 0 Å². The number of nitrogens with one attached hydrogen (secondary N) is 1. The van der Waals surface area contributed by atoms with E-state index < -0.39 is 60.5 Å². The van der Waals surface area contributed by atoms with Crippen LogP contribution in [0.4, 0.5) is 26.3 Å². The zero-order valence-corrected chi connectivity index (χ0v) is 17.7. The van der Waals surface area contributed by atoms with Gasteiger partial charge in [0.2, 0.25) is 0 Å². The van der Waals surface area contributed by atoms with Gasteiger partial charge in [-0.15, -0.1) is 0 Å². The van der Waals surface area contributed by atoms with E-state index in [1.165, 1.54) is 6.92 Å². The Balaban J connectivity index is 2.02. The molecule has 2 heterocycles. The topological polar surface area (TPSA) is 41.6 Å². The van der Waals surface area contributed by atoms with Crippen molar-refractivity contribution in [3.05, 3.63) is 0 Å². The van der Waals surface area contributed by atoms with Crippen molar-refractivity contribution in [2.24, 2.45) is 23.7 Å². The number of nitrogens with zero attached hydrogens (tertiary/aromatic N) is 1. The van der Waals surface area contributed by atoms with Crippen LogP contribution >= 0.6 is 0 Å². The van der Waals surface area contributed by atoms with Crippen LogP contribution in [0.15, 0.2) is 0 Å². The number of ether oxygens (including phenoxy) is 1. The molecule has 1 N–H and O–H groups in total. The second-order valence-electron chi connectivity index (χ2n) is 9.09. The Kier molecular flexibility index (Phi) is 8.16. The molecular formula is C21H32F6N2O2. The molecule has 1 saturated carbocycles. The standard InChI is InChI=1S/C21H32F6N2O2/c1-2-31-20(30)16-15(12-5-7-13(22)8-6-12)14(11-29-9-3-4-10-29)17(19(23)24)28-18(16)21(25,26)27/h12-19,28H,2-11H2,1H3. The molecule has 3 fully saturated rings. The van der Waals surface area contributed by atoms with E-state index in [9.17, 15) is 31.1 Å². The van der Waals surface area contributed by atoms with Gasteiger partial charge in [-0.05, 0) is 76.3 Å². The SMILES string of the molecule is CCOC(=O)C1C(C2CCC(F)CC2)C(CN2CCCC2)C(C(F)F)NC1C(F)(F)F. The van der Waals surface area contributed by atoms with E-state index >= 15 is 0 Å². The van der Waals surface area contributed by atoms with Crippen LogP contribution in [-0.4, -0.2) is 68.0 Å². The molecule has 0 radical (unpaired) electrons. The minimum Gasteiger partial charge on any atom is -0.466 e. The predicted octanol–water partition coefficient (Wildman–Crippen LogP) is 4.19. The van der Waals surface area contributed by atoms with Gasteiger partial charge in [0.15, 0.2) is 0 Å². The maximum absolute atomic E-state index is 14.1. The van der Waals surface area contributed by atoms with Crippen LogP contribution in [-0.2, 0) is 9.53 Å². The fourth-order valence-electron chi connectivity index (χ4n) is 5.86. The first-order valence-corrected chi connectivity index (χ1v) is 11.3. The molecule has 5 unspecified atom stereocenters. The Morgan fingerprint density at radius 3 is 2.26 bits per heavy atom. The van der Waals surface area contributed by atoms with Gasteiger partial charge in [0.1, 0.15) is 12.2 Å². The quantitative estimate of drug-likeness (QED) is 0.479. The number of hydrogen-bond donors (Lipinski definition) is 1. The summed E-state index contributed by atoms with van der Waals surface area (Å²) in [6, 6.07) is -4.10. The molecule has 0 bridgehead atoms. The minimum absolute atomic E-state index is 0.0983. The fraction of sp³-hybridized carbons (Fsp3) is 0.952. The summed E-state index contributed by atoms with van der Waals surface area (Å²) in [5.74, 6) is -4.86. The van der Waals surface area contributed by atoms with Gasteiger partial charge in [0.05, 0.1) is 18.6 Å². The molecule has 0 aromatic carbocycles. The van der Waals surface area contributed by atoms with Gasteiger partial charge in [0, 0.05) is 6.54 Å². The van der Waals surface area contributed by atoms with Crippen LogP contribution in [0.2, 0.25) is 0 Å². The summed E-state index contributed by atoms with van der Waals surface area (Å²) in [5, 5.41) is 2.11. The van der Waals surface area contributed by atoms with Crippen LogP contribution in [0.25, 0.3) is 0 Å². The molecule has 4 nitrogen and oxygen atoms in total. The lowest BCUT2D eigenvalue weighted by Gasteiger charge is -2.51. The lowest BCUT2D eigenvalue weighted by Crippen LogP contribution is -2.68. The minimum atomic E-state index is -4.89. The number of esters is 1. The summed E-state index contributed by atoms with van der Waals surface area (Å²) in [6.07, 6.45) is -6.20. The molecule has 10 heteroatoms. The molecule has 0 amide bonds. The van der Waals surface area contributed by atoms with E-state index in [-0.39, 0.29) is 26.0 Å². The van der Waals surface area contributed by atoms with Crippen molar-refractivity contribution in [2.45, 2.75) is 76.3 Å². The number of likely N-dealkylation sites (tertiary alicyclic amines) is 1. The van der Waals surface area contributed by atoms with Gasteiger partial charge in [-0.2, -0.15) is 13.2 Å². The lowest BCUT2D eigenvalue weighted by molar-refractivity contribution is -0.209. The second kappa shape index (κ2) is 10.3. The number of halogens is 6. The summed E-state index contributed by atoms with van der Waals surface area (Å²) < 4.78 is 88.8. The third kappa shape index (κ3) is 5.67. The number of rotatable bonds is 6. The molecule has 0 spiro atoms. The van der Waals surface area contributed by atoms with Crippen LogP contribution in [0, 0.1) is 23.7 Å². The van der Waals surface area contributed by atoms with Crippen molar-refractivity contribution in [1.29, 1.82) is 0 Å². The van der Waals surface area contributed by atoms with Crippen LogP contribution in [0.1, 0.15) is 45.4 Å². The molecule has 2 aliphatic heterocycles. The molecule has 180 valence electrons. The average molecular weight is 458 g/mol. The molecule has 0 aromatic heterocycles. The average Bonchev–Trinajstić information content (AvgIpc) is 3.20. The van der Waals surface area contributed by atoms with E-state index in [2.05, 4.69) is 5.32 Å². The summed E-state index contributed by atoms with van der Waals surface area (Å²) in [7, 11) is 0. The maximum atomic E-state index is 14.1. The molecule has 0 aromatic rings. The first kappa shape index (κ1) is 24.6. The van der Waals surface area contributed by atoms with E-state index in [1.807, 2.05) is 4.90 Å². The van der Waals surface area contributed by atoms with E-state index in [0.717, 1.165) is 12.8 Å². The number of carbonyl (C=O) groups excluding carboxylic acids is 1. The van der Waals surface area contributed by atoms with Crippen molar-refractivity contribution in [2.75, 3.05) is 26.2 Å². The Bertz CT molecular complexity index is 591. The Morgan fingerprint density at radius 1 is 1.13 bits per heavy atom. The van der Waals surface area contributed by atoms with Crippen molar-refractivity contribution in [3.8, 4) is 0 Å². The highest BCUT2D eigenvalue weighted by atomic mass is 19.4. The Morgan fingerprint density at radius 2 is 1.74 bits per heavy atom. The normalized spacial score (nSPS) is 37.9. The van der Waals surface area contributed by atoms with Gasteiger partial charge in [-0.25, -0.2) is 13.2 Å². The molecule has 3 rings (SSSR count). The molecule has 5 atom stereocenters. The van der Waals surface area contributed by atoms with E-state index in [1.54, 1.807) is 0 Å². The van der Waals surface area contributed by atoms with Crippen molar-refractivity contribution < 1.29 is 35.9 Å². The van der Waals surface area contributed by atoms with Crippen molar-refractivity contribution in [1.82, 2.24) is 10.2 Å². The number of piperidine rings is 1. The molecule has 3 aliphatic rings. The van der Waals surface area contributed by atoms with Gasteiger partial charge < -0.3 is 9.64 Å². The first-order chi connectivity index (χ1) is 14.6. The predicted molar refractivity (Wildman–Crippen MR) is 102 cm³/mol. The Hall–Kier alpha value is -1.03. The van der Waals surface area contributed by atoms with Gasteiger partial charge >= 0.3 is 12.1 Å². The fourth-order valence-corrected chi connectivity index (χ4v) is 5.86. The van der Waals surface area contributed by atoms with E-state index in [4.69, 9.17) is 4.74 Å². The summed E-state index contributed by atoms with van der Waals surface area (Å²) >= 11 is 0. The van der Waals surface area contributed by atoms with Crippen LogP contribution in [0.3, 0.4) is 0 Å². The second-order valence-corrected chi connectivity index (χ2v) is 9.09. The number of carbonyl (C=O) groups is 1. The molecular weight excluding hydrogens is 426 g/mol. The zero-order chi connectivity index (χ0) is 22.8. The summed E-state index contributed by atoms with van der Waals surface area (Å²) in [4.78, 5) is 14.8. The monoisotopic (exact) mass is 458 g/mol. The zero-order valence-electron chi connectivity index (χ0n) is 17.7. The number of alkyl halides is 6. The highest BCUT2D eigenvalue weighted by molar-refractivity contribution is 5.74. The van der Waals surface area contributed by atoms with Gasteiger partial charge in [-0.3, -0.25) is 10.1 Å². The molecule has 1 aliphatic carbocycles. The Labute approximate surface area is 179 Å². The van der Waals surface area contributed by atoms with Crippen molar-refractivity contribution >= 4 is 5.97 Å². The largest absolute Gasteiger partial charge is 0.466 e. The highest BCUT2D eigenvalue weighted by Crippen LogP contribution is 2.48. The summed E-state index contributed by atoms with van der Waals surface area (Å²) in [6.45, 7) is 3.00. The number of hydrogen-bond acceptors (Lipinski definition) is 4. The van der Waals surface area contributed by atoms with Gasteiger partial charge in [-0.1, -0.05) is 0 Å². The van der Waals surface area contributed by atoms with Gasteiger partial charge in [0.25, 0.3) is 6.43 Å². The van der Waals surface area contributed by atoms with Crippen LogP contribution < -0.4 is 5.32 Å². The van der Waals surface area contributed by atoms with Crippen molar-refractivity contribution in [3.63, 3.8) is 0 Å². The summed E-state index contributed by atoms with van der Waals surface area (Å²) in [5.41, 5.74) is 0. The molecule has 2 saturated heterocycles. The third-order valence-corrected chi connectivity index (χ3v) is 7.20. The lowest BCUT2D eigenvalue weighted by atomic mass is 9.61. The van der Waals surface area contributed by atoms with E-state index in [0.29, 0.717) is 25.9 Å². The smallest absolute Gasteiger partial charge is 0.404 e. The third-order valence-electron chi connectivity index (χ3n) is 7.20. The highest BCUT2D eigenvalue weighted by Gasteiger charge is 2.60. The molecule has 31 heavy (non-hydrogen) atoms. The maximum Gasteiger partial charge on any atom is 0.404 e.